The van der Waals surface area contributed by atoms with Crippen LogP contribution in [0.2, 0.25) is 5.02 Å². The second-order valence-corrected chi connectivity index (χ2v) is 5.29. The molecule has 0 bridgehead atoms. The Labute approximate surface area is 128 Å². The lowest BCUT2D eigenvalue weighted by Gasteiger charge is -2.05. The maximum Gasteiger partial charge on any atom is 0.246 e. The molecule has 5 nitrogen and oxygen atoms in total. The van der Waals surface area contributed by atoms with E-state index in [1.165, 1.54) is 0 Å². The minimum atomic E-state index is 0.384. The van der Waals surface area contributed by atoms with Gasteiger partial charge in [0, 0.05) is 4.47 Å². The Hall–Kier alpha value is -1.79. The van der Waals surface area contributed by atoms with E-state index in [1.807, 2.05) is 18.2 Å². The Morgan fingerprint density at radius 1 is 1.30 bits per heavy atom. The van der Waals surface area contributed by atoms with Crippen molar-refractivity contribution >= 4 is 33.2 Å². The molecule has 0 atom stereocenters. The fraction of sp³-hybridized carbons (Fsp3) is 0.0769. The summed E-state index contributed by atoms with van der Waals surface area (Å²) in [6.45, 7) is 0.384. The molecule has 0 saturated carbocycles. The predicted molar refractivity (Wildman–Crippen MR) is 78.5 cm³/mol. The van der Waals surface area contributed by atoms with E-state index >= 15 is 0 Å². The Bertz CT molecular complexity index is 712. The van der Waals surface area contributed by atoms with E-state index in [0.29, 0.717) is 29.0 Å². The van der Waals surface area contributed by atoms with Crippen LogP contribution < -0.4 is 5.32 Å². The monoisotopic (exact) mass is 353 g/mol. The van der Waals surface area contributed by atoms with Gasteiger partial charge in [-0.15, -0.1) is 0 Å². The Kier molecular flexibility index (Phi) is 3.75. The van der Waals surface area contributed by atoms with Gasteiger partial charge in [-0.05, 0) is 30.3 Å². The van der Waals surface area contributed by atoms with E-state index in [0.717, 1.165) is 10.2 Å². The van der Waals surface area contributed by atoms with Crippen molar-refractivity contribution in [2.75, 3.05) is 5.32 Å². The molecule has 20 heavy (non-hydrogen) atoms. The van der Waals surface area contributed by atoms with Crippen LogP contribution >= 0.6 is 27.5 Å². The molecule has 3 rings (SSSR count). The molecule has 2 heterocycles. The average Bonchev–Trinajstić information content (AvgIpc) is 3.08. The summed E-state index contributed by atoms with van der Waals surface area (Å²) >= 11 is 9.46. The number of nitrogens with one attached hydrogen (secondary N) is 1. The van der Waals surface area contributed by atoms with Crippen LogP contribution in [0.25, 0.3) is 11.6 Å². The summed E-state index contributed by atoms with van der Waals surface area (Å²) in [5.41, 5.74) is 0.799. The maximum atomic E-state index is 6.11. The molecule has 0 aliphatic heterocycles. The molecule has 0 amide bonds. The number of furan rings is 1. The minimum Gasteiger partial charge on any atom is -0.461 e. The van der Waals surface area contributed by atoms with Crippen LogP contribution in [0.15, 0.2) is 50.0 Å². The first-order valence-corrected chi connectivity index (χ1v) is 6.95. The van der Waals surface area contributed by atoms with Gasteiger partial charge in [0.1, 0.15) is 0 Å². The number of aromatic nitrogens is 2. The number of nitrogens with zero attached hydrogens (tertiary/aromatic N) is 2. The summed E-state index contributed by atoms with van der Waals surface area (Å²) in [6, 6.07) is 9.12. The van der Waals surface area contributed by atoms with Crippen molar-refractivity contribution in [2.24, 2.45) is 0 Å². The van der Waals surface area contributed by atoms with E-state index in [-0.39, 0.29) is 0 Å². The highest BCUT2D eigenvalue weighted by Crippen LogP contribution is 2.26. The molecule has 0 aliphatic carbocycles. The van der Waals surface area contributed by atoms with Crippen molar-refractivity contribution in [1.82, 2.24) is 10.1 Å². The van der Waals surface area contributed by atoms with Crippen molar-refractivity contribution in [3.8, 4) is 11.6 Å². The number of hydrogen-bond acceptors (Lipinski definition) is 5. The summed E-state index contributed by atoms with van der Waals surface area (Å²) in [5.74, 6) is 1.45. The molecule has 2 aromatic heterocycles. The fourth-order valence-electron chi connectivity index (χ4n) is 1.64. The second kappa shape index (κ2) is 5.68. The van der Waals surface area contributed by atoms with Crippen molar-refractivity contribution in [3.05, 3.63) is 52.0 Å². The number of benzene rings is 1. The number of anilines is 1. The Morgan fingerprint density at radius 3 is 2.95 bits per heavy atom. The molecule has 0 spiro atoms. The topological polar surface area (TPSA) is 64.1 Å². The third-order valence-corrected chi connectivity index (χ3v) is 3.38. The van der Waals surface area contributed by atoms with Gasteiger partial charge in [0.25, 0.3) is 0 Å². The van der Waals surface area contributed by atoms with Crippen LogP contribution in [0.3, 0.4) is 0 Å². The molecular formula is C13H9BrClN3O2. The van der Waals surface area contributed by atoms with Gasteiger partial charge >= 0.3 is 0 Å². The van der Waals surface area contributed by atoms with E-state index < -0.39 is 0 Å². The van der Waals surface area contributed by atoms with Crippen LogP contribution in [0, 0.1) is 0 Å². The summed E-state index contributed by atoms with van der Waals surface area (Å²) in [7, 11) is 0. The lowest BCUT2D eigenvalue weighted by atomic mass is 10.3. The van der Waals surface area contributed by atoms with Gasteiger partial charge in [0.2, 0.25) is 11.7 Å². The van der Waals surface area contributed by atoms with E-state index in [9.17, 15) is 0 Å². The van der Waals surface area contributed by atoms with Gasteiger partial charge in [-0.2, -0.15) is 4.98 Å². The molecule has 0 fully saturated rings. The number of rotatable bonds is 4. The molecule has 0 radical (unpaired) electrons. The Balaban J connectivity index is 1.70. The van der Waals surface area contributed by atoms with Gasteiger partial charge in [0.15, 0.2) is 5.76 Å². The molecule has 0 saturated heterocycles. The lowest BCUT2D eigenvalue weighted by molar-refractivity contribution is 0.382. The number of hydrogen-bond donors (Lipinski definition) is 1. The molecule has 102 valence electrons. The summed E-state index contributed by atoms with van der Waals surface area (Å²) < 4.78 is 11.3. The highest BCUT2D eigenvalue weighted by atomic mass is 79.9. The largest absolute Gasteiger partial charge is 0.461 e. The zero-order valence-electron chi connectivity index (χ0n) is 10.1. The summed E-state index contributed by atoms with van der Waals surface area (Å²) in [4.78, 5) is 4.23. The molecule has 0 unspecified atom stereocenters. The zero-order valence-corrected chi connectivity index (χ0v) is 12.5. The van der Waals surface area contributed by atoms with Gasteiger partial charge in [-0.3, -0.25) is 0 Å². The summed E-state index contributed by atoms with van der Waals surface area (Å²) in [6.07, 6.45) is 1.56. The fourth-order valence-corrected chi connectivity index (χ4v) is 2.38. The highest BCUT2D eigenvalue weighted by molar-refractivity contribution is 9.10. The predicted octanol–water partition coefficient (Wildman–Crippen LogP) is 4.36. The lowest BCUT2D eigenvalue weighted by Crippen LogP contribution is -2.00. The Morgan fingerprint density at radius 2 is 2.20 bits per heavy atom. The van der Waals surface area contributed by atoms with Gasteiger partial charge in [-0.1, -0.05) is 32.7 Å². The van der Waals surface area contributed by atoms with Crippen molar-refractivity contribution < 1.29 is 8.94 Å². The standard InChI is InChI=1S/C13H9BrClN3O2/c14-8-3-4-10(9(15)6-8)16-7-12-17-13(18-20-12)11-2-1-5-19-11/h1-6,16H,7H2. The van der Waals surface area contributed by atoms with E-state index in [2.05, 4.69) is 31.4 Å². The van der Waals surface area contributed by atoms with Gasteiger partial charge in [0.05, 0.1) is 23.5 Å². The van der Waals surface area contributed by atoms with Crippen LogP contribution in [0.5, 0.6) is 0 Å². The van der Waals surface area contributed by atoms with Crippen LogP contribution in [0.4, 0.5) is 5.69 Å². The zero-order chi connectivity index (χ0) is 13.9. The number of halogens is 2. The van der Waals surface area contributed by atoms with Crippen molar-refractivity contribution in [1.29, 1.82) is 0 Å². The first-order chi connectivity index (χ1) is 9.72. The van der Waals surface area contributed by atoms with E-state index in [4.69, 9.17) is 20.5 Å². The quantitative estimate of drug-likeness (QED) is 0.754. The van der Waals surface area contributed by atoms with Crippen molar-refractivity contribution in [3.63, 3.8) is 0 Å². The molecule has 3 aromatic rings. The molecule has 0 aliphatic rings. The molecule has 1 N–H and O–H groups in total. The maximum absolute atomic E-state index is 6.11. The van der Waals surface area contributed by atoms with Gasteiger partial charge in [-0.25, -0.2) is 0 Å². The molecule has 7 heteroatoms. The van der Waals surface area contributed by atoms with Crippen LogP contribution in [0.1, 0.15) is 5.89 Å². The SMILES string of the molecule is Clc1cc(Br)ccc1NCc1nc(-c2ccco2)no1. The minimum absolute atomic E-state index is 0.384. The average molecular weight is 355 g/mol. The smallest absolute Gasteiger partial charge is 0.246 e. The highest BCUT2D eigenvalue weighted by Gasteiger charge is 2.11. The van der Waals surface area contributed by atoms with Crippen LogP contribution in [-0.2, 0) is 6.54 Å². The molecule has 1 aromatic carbocycles. The normalized spacial score (nSPS) is 10.7. The first-order valence-electron chi connectivity index (χ1n) is 5.78. The van der Waals surface area contributed by atoms with Crippen LogP contribution in [-0.4, -0.2) is 10.1 Å². The third kappa shape index (κ3) is 2.86. The van der Waals surface area contributed by atoms with E-state index in [1.54, 1.807) is 18.4 Å². The van der Waals surface area contributed by atoms with Crippen molar-refractivity contribution in [2.45, 2.75) is 6.54 Å². The third-order valence-electron chi connectivity index (χ3n) is 2.57. The first kappa shape index (κ1) is 13.2. The van der Waals surface area contributed by atoms with Gasteiger partial charge < -0.3 is 14.3 Å². The molecular weight excluding hydrogens is 346 g/mol. The summed E-state index contributed by atoms with van der Waals surface area (Å²) in [5, 5.41) is 7.60. The second-order valence-electron chi connectivity index (χ2n) is 3.97.